The van der Waals surface area contributed by atoms with Gasteiger partial charge in [-0.2, -0.15) is 5.01 Å². The Bertz CT molecular complexity index is 1180. The molecule has 0 unspecified atom stereocenters. The fraction of sp³-hybridized carbons (Fsp3) is 0.333. The molecular formula is C24H25N5O3S. The molecule has 0 radical (unpaired) electrons. The first kappa shape index (κ1) is 21.5. The second-order valence-corrected chi connectivity index (χ2v) is 9.44. The number of carbonyl (C=O) groups excluding carboxylic acids is 3. The molecule has 170 valence electrons. The summed E-state index contributed by atoms with van der Waals surface area (Å²) in [6.45, 7) is 2.68. The molecule has 5 rings (SSSR count). The van der Waals surface area contributed by atoms with Crippen molar-refractivity contribution >= 4 is 39.4 Å². The number of hydrogen-bond acceptors (Lipinski definition) is 6. The van der Waals surface area contributed by atoms with Gasteiger partial charge in [-0.05, 0) is 43.5 Å². The summed E-state index contributed by atoms with van der Waals surface area (Å²) in [5.41, 5.74) is 3.01. The van der Waals surface area contributed by atoms with Gasteiger partial charge in [0.15, 0.2) is 0 Å². The molecule has 8 nitrogen and oxygen atoms in total. The Hall–Kier alpha value is -3.30. The zero-order valence-corrected chi connectivity index (χ0v) is 19.1. The third kappa shape index (κ3) is 3.77. The number of benzene rings is 2. The second kappa shape index (κ2) is 8.57. The highest BCUT2D eigenvalue weighted by atomic mass is 32.1. The van der Waals surface area contributed by atoms with E-state index in [1.54, 1.807) is 23.5 Å². The van der Waals surface area contributed by atoms with Gasteiger partial charge >= 0.3 is 6.03 Å². The van der Waals surface area contributed by atoms with Gasteiger partial charge in [-0.1, -0.05) is 49.4 Å². The average Bonchev–Trinajstić information content (AvgIpc) is 3.52. The van der Waals surface area contributed by atoms with Crippen molar-refractivity contribution in [3.8, 4) is 0 Å². The molecule has 33 heavy (non-hydrogen) atoms. The number of imide groups is 1. The summed E-state index contributed by atoms with van der Waals surface area (Å²) in [4.78, 5) is 45.6. The van der Waals surface area contributed by atoms with Crippen LogP contribution in [0.15, 0.2) is 54.6 Å². The molecule has 2 aromatic carbocycles. The van der Waals surface area contributed by atoms with Gasteiger partial charge in [-0.15, -0.1) is 11.3 Å². The smallest absolute Gasteiger partial charge is 0.318 e. The number of hydrogen-bond donors (Lipinski definition) is 2. The van der Waals surface area contributed by atoms with Crippen LogP contribution in [0, 0.1) is 0 Å². The second-order valence-electron chi connectivity index (χ2n) is 8.38. The van der Waals surface area contributed by atoms with Crippen LogP contribution in [-0.4, -0.2) is 45.8 Å². The Morgan fingerprint density at radius 3 is 2.70 bits per heavy atom. The van der Waals surface area contributed by atoms with Crippen LogP contribution in [0.3, 0.4) is 0 Å². The van der Waals surface area contributed by atoms with E-state index in [1.165, 1.54) is 0 Å². The minimum atomic E-state index is -1.18. The number of rotatable bonds is 6. The highest BCUT2D eigenvalue weighted by Crippen LogP contribution is 2.36. The van der Waals surface area contributed by atoms with Crippen LogP contribution < -0.4 is 10.7 Å². The summed E-state index contributed by atoms with van der Waals surface area (Å²) < 4.78 is 1.12. The van der Waals surface area contributed by atoms with Crippen LogP contribution in [0.4, 0.5) is 4.79 Å². The number of fused-ring (bicyclic) bond motifs is 1. The minimum absolute atomic E-state index is 0.0512. The van der Waals surface area contributed by atoms with Gasteiger partial charge in [0, 0.05) is 0 Å². The molecule has 2 saturated heterocycles. The number of nitrogens with zero attached hydrogens (tertiary/aromatic N) is 3. The average molecular weight is 464 g/mol. The van der Waals surface area contributed by atoms with E-state index in [-0.39, 0.29) is 12.6 Å². The van der Waals surface area contributed by atoms with Gasteiger partial charge in [-0.25, -0.2) is 9.78 Å². The van der Waals surface area contributed by atoms with Gasteiger partial charge in [-0.3, -0.25) is 19.9 Å². The standard InChI is InChI=1S/C24H25N5O3S/c1-2-24(16-9-4-3-5-10-16)22(31)29(23(32)26-24)27-20(30)15-28-14-8-12-18(28)21-25-17-11-6-7-13-19(17)33-21/h3-7,9-11,13,18H,2,8,12,14-15H2,1H3,(H,26,32)(H,27,30)/t18-,24-/m1/s1. The lowest BCUT2D eigenvalue weighted by Gasteiger charge is -2.26. The largest absolute Gasteiger partial charge is 0.344 e. The zero-order chi connectivity index (χ0) is 23.0. The first-order valence-corrected chi connectivity index (χ1v) is 11.9. The van der Waals surface area contributed by atoms with Crippen molar-refractivity contribution in [2.24, 2.45) is 0 Å². The monoisotopic (exact) mass is 463 g/mol. The van der Waals surface area contributed by atoms with E-state index in [9.17, 15) is 14.4 Å². The molecule has 1 aromatic heterocycles. The van der Waals surface area contributed by atoms with Crippen LogP contribution in [0.5, 0.6) is 0 Å². The number of amides is 4. The minimum Gasteiger partial charge on any atom is -0.318 e. The number of urea groups is 1. The van der Waals surface area contributed by atoms with E-state index in [0.29, 0.717) is 12.0 Å². The maximum absolute atomic E-state index is 13.2. The number of aromatic nitrogens is 1. The van der Waals surface area contributed by atoms with E-state index >= 15 is 0 Å². The first-order chi connectivity index (χ1) is 16.0. The fourth-order valence-corrected chi connectivity index (χ4v) is 5.85. The molecule has 9 heteroatoms. The van der Waals surface area contributed by atoms with Gasteiger partial charge < -0.3 is 5.32 Å². The maximum atomic E-state index is 13.2. The molecule has 2 aliphatic rings. The zero-order valence-electron chi connectivity index (χ0n) is 18.3. The fourth-order valence-electron chi connectivity index (χ4n) is 4.71. The number of carbonyl (C=O) groups is 3. The molecule has 2 aliphatic heterocycles. The summed E-state index contributed by atoms with van der Waals surface area (Å²) >= 11 is 1.65. The lowest BCUT2D eigenvalue weighted by atomic mass is 9.87. The van der Waals surface area contributed by atoms with Crippen LogP contribution in [0.1, 0.15) is 42.8 Å². The van der Waals surface area contributed by atoms with Gasteiger partial charge in [0.1, 0.15) is 10.5 Å². The molecule has 2 N–H and O–H groups in total. The summed E-state index contributed by atoms with van der Waals surface area (Å²) in [5, 5.41) is 4.59. The lowest BCUT2D eigenvalue weighted by molar-refractivity contribution is -0.140. The van der Waals surface area contributed by atoms with E-state index in [4.69, 9.17) is 4.98 Å². The van der Waals surface area contributed by atoms with Crippen molar-refractivity contribution in [3.63, 3.8) is 0 Å². The maximum Gasteiger partial charge on any atom is 0.344 e. The number of likely N-dealkylation sites (tertiary alicyclic amines) is 1. The normalized spacial score (nSPS) is 23.3. The third-order valence-electron chi connectivity index (χ3n) is 6.43. The van der Waals surface area contributed by atoms with Crippen LogP contribution in [0.25, 0.3) is 10.2 Å². The predicted octanol–water partition coefficient (Wildman–Crippen LogP) is 3.32. The van der Waals surface area contributed by atoms with Crippen LogP contribution in [-0.2, 0) is 15.1 Å². The van der Waals surface area contributed by atoms with Crippen molar-refractivity contribution in [3.05, 3.63) is 65.2 Å². The van der Waals surface area contributed by atoms with Crippen molar-refractivity contribution in [2.45, 2.75) is 37.8 Å². The Morgan fingerprint density at radius 2 is 1.94 bits per heavy atom. The first-order valence-electron chi connectivity index (χ1n) is 11.1. The molecule has 2 fully saturated rings. The predicted molar refractivity (Wildman–Crippen MR) is 125 cm³/mol. The molecule has 0 bridgehead atoms. The van der Waals surface area contributed by atoms with Crippen LogP contribution >= 0.6 is 11.3 Å². The molecular weight excluding hydrogens is 438 g/mol. The molecule has 0 saturated carbocycles. The molecule has 0 spiro atoms. The Labute approximate surface area is 195 Å². The molecule has 2 atom stereocenters. The number of nitrogens with one attached hydrogen (secondary N) is 2. The molecule has 3 heterocycles. The Balaban J connectivity index is 1.29. The number of thiazole rings is 1. The van der Waals surface area contributed by atoms with Crippen molar-refractivity contribution in [1.29, 1.82) is 0 Å². The number of para-hydroxylation sites is 1. The summed E-state index contributed by atoms with van der Waals surface area (Å²) in [6, 6.07) is 16.5. The highest BCUT2D eigenvalue weighted by molar-refractivity contribution is 7.18. The molecule has 3 aromatic rings. The van der Waals surface area contributed by atoms with E-state index < -0.39 is 23.4 Å². The van der Waals surface area contributed by atoms with Crippen molar-refractivity contribution in [2.75, 3.05) is 13.1 Å². The third-order valence-corrected chi connectivity index (χ3v) is 7.57. The van der Waals surface area contributed by atoms with Gasteiger partial charge in [0.05, 0.1) is 22.8 Å². The van der Waals surface area contributed by atoms with Crippen LogP contribution in [0.2, 0.25) is 0 Å². The molecule has 0 aliphatic carbocycles. The SMILES string of the molecule is CC[C@]1(c2ccccc2)NC(=O)N(NC(=O)CN2CCC[C@@H]2c2nc3ccccc3s2)C1=O. The van der Waals surface area contributed by atoms with E-state index in [2.05, 4.69) is 15.6 Å². The quantitative estimate of drug-likeness (QED) is 0.547. The summed E-state index contributed by atoms with van der Waals surface area (Å²) in [5.74, 6) is -0.870. The number of hydrazine groups is 1. The van der Waals surface area contributed by atoms with Crippen molar-refractivity contribution in [1.82, 2.24) is 25.6 Å². The van der Waals surface area contributed by atoms with Crippen molar-refractivity contribution < 1.29 is 14.4 Å². The topological polar surface area (TPSA) is 94.6 Å². The van der Waals surface area contributed by atoms with Gasteiger partial charge in [0.25, 0.3) is 11.8 Å². The van der Waals surface area contributed by atoms with E-state index in [0.717, 1.165) is 39.6 Å². The van der Waals surface area contributed by atoms with Gasteiger partial charge in [0.2, 0.25) is 0 Å². The highest BCUT2D eigenvalue weighted by Gasteiger charge is 2.52. The summed E-state index contributed by atoms with van der Waals surface area (Å²) in [7, 11) is 0. The molecule has 4 amide bonds. The Morgan fingerprint density at radius 1 is 1.18 bits per heavy atom. The summed E-state index contributed by atoms with van der Waals surface area (Å²) in [6.07, 6.45) is 2.26. The lowest BCUT2D eigenvalue weighted by Crippen LogP contribution is -2.51. The Kier molecular flexibility index (Phi) is 5.59. The van der Waals surface area contributed by atoms with E-state index in [1.807, 2.05) is 49.4 Å².